The number of aryl methyl sites for hydroxylation is 2. The molecule has 4 heterocycles. The van der Waals surface area contributed by atoms with Gasteiger partial charge in [0.25, 0.3) is 0 Å². The Hall–Kier alpha value is -2.28. The Balaban J connectivity index is 1.27. The van der Waals surface area contributed by atoms with Crippen LogP contribution < -0.4 is 0 Å². The highest BCUT2D eigenvalue weighted by atomic mass is 15.4. The van der Waals surface area contributed by atoms with Gasteiger partial charge in [0.15, 0.2) is 11.5 Å². The first-order valence-electron chi connectivity index (χ1n) is 9.29. The lowest BCUT2D eigenvalue weighted by molar-refractivity contribution is 0.201. The molecule has 3 aromatic heterocycles. The number of nitrogens with zero attached hydrogens (tertiary/aromatic N) is 7. The van der Waals surface area contributed by atoms with Crippen LogP contribution in [0.1, 0.15) is 42.3 Å². The Labute approximate surface area is 146 Å². The van der Waals surface area contributed by atoms with Crippen LogP contribution in [0.4, 0.5) is 0 Å². The maximum atomic E-state index is 4.85. The number of aromatic nitrogens is 6. The minimum Gasteiger partial charge on any atom is -0.336 e. The molecule has 1 saturated heterocycles. The first-order valence-corrected chi connectivity index (χ1v) is 9.29. The number of fused-ring (bicyclic) bond motifs is 2. The van der Waals surface area contributed by atoms with Gasteiger partial charge in [0, 0.05) is 31.4 Å². The largest absolute Gasteiger partial charge is 0.336 e. The Morgan fingerprint density at radius 3 is 2.84 bits per heavy atom. The molecule has 0 saturated carbocycles. The highest BCUT2D eigenvalue weighted by Crippen LogP contribution is 2.28. The molecular weight excluding hydrogens is 314 g/mol. The van der Waals surface area contributed by atoms with E-state index in [9.17, 15) is 0 Å². The Morgan fingerprint density at radius 2 is 2.00 bits per heavy atom. The van der Waals surface area contributed by atoms with Crippen molar-refractivity contribution in [3.05, 3.63) is 41.9 Å². The van der Waals surface area contributed by atoms with Crippen LogP contribution >= 0.6 is 0 Å². The maximum Gasteiger partial charge on any atom is 0.178 e. The lowest BCUT2D eigenvalue weighted by atomic mass is 9.96. The first kappa shape index (κ1) is 15.0. The third-order valence-corrected chi connectivity index (χ3v) is 5.63. The van der Waals surface area contributed by atoms with Crippen molar-refractivity contribution in [1.82, 2.24) is 34.3 Å². The summed E-state index contributed by atoms with van der Waals surface area (Å²) >= 11 is 0. The topological polar surface area (TPSA) is 64.1 Å². The summed E-state index contributed by atoms with van der Waals surface area (Å²) in [5.41, 5.74) is 3.52. The van der Waals surface area contributed by atoms with E-state index in [0.29, 0.717) is 5.92 Å². The summed E-state index contributed by atoms with van der Waals surface area (Å²) in [6.07, 6.45) is 11.5. The molecule has 7 nitrogen and oxygen atoms in total. The zero-order valence-corrected chi connectivity index (χ0v) is 14.4. The van der Waals surface area contributed by atoms with Crippen molar-refractivity contribution in [3.8, 4) is 0 Å². The lowest BCUT2D eigenvalue weighted by Crippen LogP contribution is -2.35. The van der Waals surface area contributed by atoms with Crippen molar-refractivity contribution in [2.24, 2.45) is 0 Å². The number of piperidine rings is 1. The zero-order valence-electron chi connectivity index (χ0n) is 14.4. The van der Waals surface area contributed by atoms with Crippen molar-refractivity contribution >= 4 is 5.65 Å². The fraction of sp³-hybridized carbons (Fsp3) is 0.556. The van der Waals surface area contributed by atoms with E-state index in [1.165, 1.54) is 17.7 Å². The normalized spacial score (nSPS) is 18.9. The molecule has 0 spiro atoms. The summed E-state index contributed by atoms with van der Waals surface area (Å²) in [4.78, 5) is 6.64. The molecular formula is C18H23N7. The lowest BCUT2D eigenvalue weighted by Gasteiger charge is -2.31. The first-order chi connectivity index (χ1) is 12.4. The van der Waals surface area contributed by atoms with Gasteiger partial charge in [0.2, 0.25) is 0 Å². The minimum absolute atomic E-state index is 0.464. The van der Waals surface area contributed by atoms with Crippen LogP contribution in [0.5, 0.6) is 0 Å². The van der Waals surface area contributed by atoms with E-state index >= 15 is 0 Å². The molecule has 5 rings (SSSR count). The standard InChI is InChI=1S/C18H23N7/c1-2-15-12-17-20-21-18(25(17)22-16(15)3-1)14-4-7-23(8-5-14)10-11-24-9-6-19-13-24/h6,9,12-14H,1-5,7-8,10-11H2. The monoisotopic (exact) mass is 337 g/mol. The molecule has 25 heavy (non-hydrogen) atoms. The molecule has 0 radical (unpaired) electrons. The third-order valence-electron chi connectivity index (χ3n) is 5.63. The zero-order chi connectivity index (χ0) is 16.6. The van der Waals surface area contributed by atoms with Crippen LogP contribution in [0, 0.1) is 0 Å². The van der Waals surface area contributed by atoms with Crippen LogP contribution in [-0.2, 0) is 19.4 Å². The molecule has 0 amide bonds. The number of rotatable bonds is 4. The second-order valence-electron chi connectivity index (χ2n) is 7.21. The molecule has 1 aliphatic carbocycles. The summed E-state index contributed by atoms with van der Waals surface area (Å²) in [5, 5.41) is 13.7. The van der Waals surface area contributed by atoms with E-state index in [-0.39, 0.29) is 0 Å². The van der Waals surface area contributed by atoms with Gasteiger partial charge in [-0.3, -0.25) is 0 Å². The van der Waals surface area contributed by atoms with Gasteiger partial charge in [0.05, 0.1) is 12.0 Å². The van der Waals surface area contributed by atoms with Crippen LogP contribution in [0.15, 0.2) is 24.8 Å². The number of likely N-dealkylation sites (tertiary alicyclic amines) is 1. The van der Waals surface area contributed by atoms with Gasteiger partial charge in [-0.05, 0) is 56.8 Å². The van der Waals surface area contributed by atoms with Crippen molar-refractivity contribution in [3.63, 3.8) is 0 Å². The summed E-state index contributed by atoms with van der Waals surface area (Å²) in [5.74, 6) is 1.52. The second kappa shape index (κ2) is 6.22. The SMILES string of the molecule is c1cn(CCN2CCC(c3nnc4cc5c(nn34)CCC5)CC2)cn1. The molecule has 1 fully saturated rings. The molecule has 2 aliphatic rings. The Morgan fingerprint density at radius 1 is 1.08 bits per heavy atom. The van der Waals surface area contributed by atoms with Gasteiger partial charge in [-0.15, -0.1) is 10.2 Å². The van der Waals surface area contributed by atoms with Crippen LogP contribution in [0.2, 0.25) is 0 Å². The fourth-order valence-electron chi connectivity index (χ4n) is 4.14. The summed E-state index contributed by atoms with van der Waals surface area (Å²) in [6.45, 7) is 4.31. The molecule has 130 valence electrons. The predicted octanol–water partition coefficient (Wildman–Crippen LogP) is 1.69. The van der Waals surface area contributed by atoms with Gasteiger partial charge in [-0.25, -0.2) is 4.98 Å². The van der Waals surface area contributed by atoms with E-state index < -0.39 is 0 Å². The Kier molecular flexibility index (Phi) is 3.73. The highest BCUT2D eigenvalue weighted by Gasteiger charge is 2.26. The molecule has 0 bridgehead atoms. The van der Waals surface area contributed by atoms with Crippen molar-refractivity contribution in [2.75, 3.05) is 19.6 Å². The summed E-state index contributed by atoms with van der Waals surface area (Å²) < 4.78 is 4.15. The average molecular weight is 337 g/mol. The summed E-state index contributed by atoms with van der Waals surface area (Å²) in [6, 6.07) is 2.19. The minimum atomic E-state index is 0.464. The molecule has 1 aliphatic heterocycles. The predicted molar refractivity (Wildman–Crippen MR) is 93.4 cm³/mol. The quantitative estimate of drug-likeness (QED) is 0.725. The van der Waals surface area contributed by atoms with Crippen molar-refractivity contribution < 1.29 is 0 Å². The third kappa shape index (κ3) is 2.82. The number of hydrogen-bond acceptors (Lipinski definition) is 5. The van der Waals surface area contributed by atoms with Gasteiger partial charge >= 0.3 is 0 Å². The average Bonchev–Trinajstić information content (AvgIpc) is 3.38. The molecule has 0 atom stereocenters. The second-order valence-corrected chi connectivity index (χ2v) is 7.21. The van der Waals surface area contributed by atoms with Crippen LogP contribution in [0.25, 0.3) is 5.65 Å². The van der Waals surface area contributed by atoms with Gasteiger partial charge < -0.3 is 9.47 Å². The smallest absolute Gasteiger partial charge is 0.178 e. The Bertz CT molecular complexity index is 859. The van der Waals surface area contributed by atoms with E-state index in [4.69, 9.17) is 5.10 Å². The number of imidazole rings is 1. The van der Waals surface area contributed by atoms with E-state index in [1.807, 2.05) is 23.2 Å². The number of hydrogen-bond donors (Lipinski definition) is 0. The van der Waals surface area contributed by atoms with Crippen LogP contribution in [0.3, 0.4) is 0 Å². The van der Waals surface area contributed by atoms with Gasteiger partial charge in [-0.2, -0.15) is 9.61 Å². The molecule has 0 N–H and O–H groups in total. The maximum absolute atomic E-state index is 4.85. The van der Waals surface area contributed by atoms with Gasteiger partial charge in [-0.1, -0.05) is 0 Å². The van der Waals surface area contributed by atoms with Crippen LogP contribution in [-0.4, -0.2) is 53.9 Å². The molecule has 3 aromatic rings. The van der Waals surface area contributed by atoms with Crippen molar-refractivity contribution in [2.45, 2.75) is 44.6 Å². The van der Waals surface area contributed by atoms with E-state index in [0.717, 1.165) is 63.3 Å². The summed E-state index contributed by atoms with van der Waals surface area (Å²) in [7, 11) is 0. The molecule has 7 heteroatoms. The fourth-order valence-corrected chi connectivity index (χ4v) is 4.14. The van der Waals surface area contributed by atoms with Gasteiger partial charge in [0.1, 0.15) is 0 Å². The van der Waals surface area contributed by atoms with E-state index in [1.54, 1.807) is 0 Å². The van der Waals surface area contributed by atoms with E-state index in [2.05, 4.69) is 30.7 Å². The molecule has 0 aromatic carbocycles. The molecule has 0 unspecified atom stereocenters. The van der Waals surface area contributed by atoms with Crippen molar-refractivity contribution in [1.29, 1.82) is 0 Å². The highest BCUT2D eigenvalue weighted by molar-refractivity contribution is 5.43.